The van der Waals surface area contributed by atoms with E-state index in [1.165, 1.54) is 17.4 Å². The van der Waals surface area contributed by atoms with Gasteiger partial charge in [-0.1, -0.05) is 37.0 Å². The molecule has 2 atom stereocenters. The number of nitrogens with one attached hydrogen (secondary N) is 1. The molecular weight excluding hydrogens is 465 g/mol. The topological polar surface area (TPSA) is 65.5 Å². The van der Waals surface area contributed by atoms with Crippen molar-refractivity contribution in [2.24, 2.45) is 11.8 Å². The molecule has 1 unspecified atom stereocenters. The van der Waals surface area contributed by atoms with E-state index >= 15 is 0 Å². The van der Waals surface area contributed by atoms with Gasteiger partial charge in [-0.25, -0.2) is 9.37 Å². The Balaban J connectivity index is 1.39. The van der Waals surface area contributed by atoms with E-state index in [1.54, 1.807) is 26.5 Å². The van der Waals surface area contributed by atoms with Crippen molar-refractivity contribution in [3.05, 3.63) is 78.9 Å². The number of hydrogen-bond acceptors (Lipinski definition) is 7. The molecule has 1 aliphatic rings. The summed E-state index contributed by atoms with van der Waals surface area (Å²) in [6.07, 6.45) is 6.86. The fraction of sp³-hybridized carbons (Fsp3) is 0.185. The third kappa shape index (κ3) is 4.44. The largest absolute Gasteiger partial charge is 0.493 e. The molecular formula is C27H24FN3O3S. The quantitative estimate of drug-likeness (QED) is 0.295. The standard InChI is InChI=1S/C27H24FN3O3S/c1-15-18(6-5-7-20(15)28)16(2)30-27-31-21-9-8-17(12-26(21)35-27)34-23-10-11-29-22-14-25(33-4)24(32-3)13-19(22)23/h5-15,18H,2H2,1,3-4H3,(H,30,31)/t15-,18?/m0/s1. The van der Waals surface area contributed by atoms with E-state index in [4.69, 9.17) is 14.2 Å². The number of allylic oxidation sites excluding steroid dienone is 4. The summed E-state index contributed by atoms with van der Waals surface area (Å²) in [6.45, 7) is 5.97. The minimum Gasteiger partial charge on any atom is -0.493 e. The van der Waals surface area contributed by atoms with Crippen molar-refractivity contribution in [3.63, 3.8) is 0 Å². The lowest BCUT2D eigenvalue weighted by atomic mass is 9.87. The Morgan fingerprint density at radius 2 is 1.86 bits per heavy atom. The molecule has 5 rings (SSSR count). The number of halogens is 1. The molecule has 0 amide bonds. The molecule has 0 aliphatic heterocycles. The molecule has 6 nitrogen and oxygen atoms in total. The smallest absolute Gasteiger partial charge is 0.188 e. The van der Waals surface area contributed by atoms with Gasteiger partial charge >= 0.3 is 0 Å². The van der Waals surface area contributed by atoms with Crippen LogP contribution in [0.15, 0.2) is 78.9 Å². The zero-order valence-electron chi connectivity index (χ0n) is 19.5. The van der Waals surface area contributed by atoms with Crippen LogP contribution < -0.4 is 19.5 Å². The molecule has 1 aliphatic carbocycles. The minimum absolute atomic E-state index is 0.138. The third-order valence-electron chi connectivity index (χ3n) is 6.01. The minimum atomic E-state index is -0.261. The van der Waals surface area contributed by atoms with Crippen LogP contribution in [0.5, 0.6) is 23.0 Å². The molecule has 0 spiro atoms. The van der Waals surface area contributed by atoms with Crippen molar-refractivity contribution in [1.82, 2.24) is 9.97 Å². The number of thiazole rings is 1. The van der Waals surface area contributed by atoms with Gasteiger partial charge < -0.3 is 19.5 Å². The lowest BCUT2D eigenvalue weighted by molar-refractivity contribution is 0.355. The second-order valence-electron chi connectivity index (χ2n) is 8.19. The lowest BCUT2D eigenvalue weighted by Crippen LogP contribution is -2.18. The van der Waals surface area contributed by atoms with Crippen LogP contribution in [0.3, 0.4) is 0 Å². The maximum atomic E-state index is 14.0. The fourth-order valence-electron chi connectivity index (χ4n) is 4.08. The summed E-state index contributed by atoms with van der Waals surface area (Å²) in [5, 5.41) is 4.77. The summed E-state index contributed by atoms with van der Waals surface area (Å²) < 4.78 is 32.0. The SMILES string of the molecule is C=C(Nc1nc2ccc(Oc3ccnc4cc(OC)c(OC)cc34)cc2s1)C1C=CC=C(F)[C@H]1C. The van der Waals surface area contributed by atoms with Crippen molar-refractivity contribution < 1.29 is 18.6 Å². The normalized spacial score (nSPS) is 17.3. The second kappa shape index (κ2) is 9.38. The molecule has 178 valence electrons. The Labute approximate surface area is 206 Å². The van der Waals surface area contributed by atoms with Crippen molar-refractivity contribution in [3.8, 4) is 23.0 Å². The number of nitrogens with zero attached hydrogens (tertiary/aromatic N) is 2. The first-order valence-electron chi connectivity index (χ1n) is 11.1. The Morgan fingerprint density at radius 3 is 2.66 bits per heavy atom. The average Bonchev–Trinajstić information content (AvgIpc) is 3.26. The number of benzene rings is 2. The van der Waals surface area contributed by atoms with Gasteiger partial charge in [0.05, 0.1) is 30.0 Å². The highest BCUT2D eigenvalue weighted by molar-refractivity contribution is 7.22. The highest BCUT2D eigenvalue weighted by Gasteiger charge is 2.24. The molecule has 1 N–H and O–H groups in total. The van der Waals surface area contributed by atoms with E-state index in [0.29, 0.717) is 33.8 Å². The fourth-order valence-corrected chi connectivity index (χ4v) is 5.01. The summed E-state index contributed by atoms with van der Waals surface area (Å²) in [7, 11) is 3.19. The summed E-state index contributed by atoms with van der Waals surface area (Å²) in [4.78, 5) is 9.07. The third-order valence-corrected chi connectivity index (χ3v) is 6.95. The number of hydrogen-bond donors (Lipinski definition) is 1. The van der Waals surface area contributed by atoms with E-state index < -0.39 is 0 Å². The monoisotopic (exact) mass is 489 g/mol. The van der Waals surface area contributed by atoms with Gasteiger partial charge in [-0.05, 0) is 30.3 Å². The van der Waals surface area contributed by atoms with Crippen LogP contribution in [0.1, 0.15) is 6.92 Å². The zero-order chi connectivity index (χ0) is 24.5. The van der Waals surface area contributed by atoms with Gasteiger partial charge in [0, 0.05) is 41.2 Å². The van der Waals surface area contributed by atoms with E-state index in [2.05, 4.69) is 21.9 Å². The average molecular weight is 490 g/mol. The van der Waals surface area contributed by atoms with Crippen LogP contribution in [0.2, 0.25) is 0 Å². The van der Waals surface area contributed by atoms with E-state index in [9.17, 15) is 4.39 Å². The van der Waals surface area contributed by atoms with Gasteiger partial charge in [0.2, 0.25) is 0 Å². The number of anilines is 1. The first-order valence-corrected chi connectivity index (χ1v) is 11.9. The zero-order valence-corrected chi connectivity index (χ0v) is 20.4. The molecule has 0 saturated heterocycles. The first kappa shape index (κ1) is 22.9. The molecule has 4 aromatic rings. The predicted molar refractivity (Wildman–Crippen MR) is 138 cm³/mol. The van der Waals surface area contributed by atoms with Crippen LogP contribution in [-0.4, -0.2) is 24.2 Å². The highest BCUT2D eigenvalue weighted by atomic mass is 32.1. The summed E-state index contributed by atoms with van der Waals surface area (Å²) in [5.41, 5.74) is 2.28. The number of methoxy groups -OCH3 is 2. The Hall–Kier alpha value is -3.91. The second-order valence-corrected chi connectivity index (χ2v) is 9.22. The Kier molecular flexibility index (Phi) is 6.13. The maximum Gasteiger partial charge on any atom is 0.188 e. The Bertz CT molecular complexity index is 1490. The van der Waals surface area contributed by atoms with Crippen LogP contribution in [-0.2, 0) is 0 Å². The van der Waals surface area contributed by atoms with Crippen molar-refractivity contribution in [2.45, 2.75) is 6.92 Å². The summed E-state index contributed by atoms with van der Waals surface area (Å²) in [6, 6.07) is 11.2. The predicted octanol–water partition coefficient (Wildman–Crippen LogP) is 7.26. The van der Waals surface area contributed by atoms with Crippen molar-refractivity contribution in [1.29, 1.82) is 0 Å². The Morgan fingerprint density at radius 1 is 1.06 bits per heavy atom. The number of aromatic nitrogens is 2. The number of fused-ring (bicyclic) bond motifs is 2. The van der Waals surface area contributed by atoms with Crippen LogP contribution >= 0.6 is 11.3 Å². The molecule has 8 heteroatoms. The van der Waals surface area contributed by atoms with E-state index in [0.717, 1.165) is 21.1 Å². The van der Waals surface area contributed by atoms with Crippen molar-refractivity contribution in [2.75, 3.05) is 19.5 Å². The van der Waals surface area contributed by atoms with Gasteiger partial charge in [0.15, 0.2) is 16.6 Å². The first-order chi connectivity index (χ1) is 17.0. The highest BCUT2D eigenvalue weighted by Crippen LogP contribution is 2.39. The maximum absolute atomic E-state index is 14.0. The number of ether oxygens (including phenoxy) is 3. The summed E-state index contributed by atoms with van der Waals surface area (Å²) >= 11 is 1.49. The van der Waals surface area contributed by atoms with Crippen molar-refractivity contribution >= 4 is 37.6 Å². The number of rotatable bonds is 7. The molecule has 0 radical (unpaired) electrons. The van der Waals surface area contributed by atoms with Crippen LogP contribution in [0.25, 0.3) is 21.1 Å². The van der Waals surface area contributed by atoms with Gasteiger partial charge in [0.25, 0.3) is 0 Å². The van der Waals surface area contributed by atoms with E-state index in [1.807, 2.05) is 49.4 Å². The molecule has 0 fully saturated rings. The molecule has 2 heterocycles. The van der Waals surface area contributed by atoms with Crippen LogP contribution in [0, 0.1) is 11.8 Å². The van der Waals surface area contributed by atoms with E-state index in [-0.39, 0.29) is 17.7 Å². The molecule has 2 aromatic carbocycles. The van der Waals surface area contributed by atoms with Gasteiger partial charge in [-0.15, -0.1) is 0 Å². The molecule has 0 saturated carbocycles. The lowest BCUT2D eigenvalue weighted by Gasteiger charge is -2.24. The molecule has 35 heavy (non-hydrogen) atoms. The van der Waals surface area contributed by atoms with Gasteiger partial charge in [-0.2, -0.15) is 0 Å². The summed E-state index contributed by atoms with van der Waals surface area (Å²) in [5.74, 6) is 1.99. The molecule has 2 aromatic heterocycles. The van der Waals surface area contributed by atoms with Gasteiger partial charge in [-0.3, -0.25) is 4.98 Å². The number of pyridine rings is 1. The van der Waals surface area contributed by atoms with Crippen LogP contribution in [0.4, 0.5) is 9.52 Å². The van der Waals surface area contributed by atoms with Gasteiger partial charge in [0.1, 0.15) is 17.3 Å². The molecule has 0 bridgehead atoms.